The Balaban J connectivity index is 2.29. The summed E-state index contributed by atoms with van der Waals surface area (Å²) in [5.41, 5.74) is 5.43. The van der Waals surface area contributed by atoms with Crippen molar-refractivity contribution in [2.45, 2.75) is 17.9 Å². The van der Waals surface area contributed by atoms with Crippen LogP contribution in [-0.4, -0.2) is 19.5 Å². The molecule has 0 aliphatic heterocycles. The molecule has 0 bridgehead atoms. The predicted octanol–water partition coefficient (Wildman–Crippen LogP) is 1.60. The third-order valence-electron chi connectivity index (χ3n) is 2.85. The van der Waals surface area contributed by atoms with E-state index >= 15 is 0 Å². The molecule has 112 valence electrons. The first-order valence-corrected chi connectivity index (χ1v) is 7.48. The molecule has 21 heavy (non-hydrogen) atoms. The topological polar surface area (TPSA) is 123 Å². The quantitative estimate of drug-likeness (QED) is 0.721. The van der Waals surface area contributed by atoms with Gasteiger partial charge in [0.25, 0.3) is 0 Å². The number of nitrogen functional groups attached to an aromatic ring is 1. The number of carboxylic acids is 1. The maximum absolute atomic E-state index is 12.3. The Morgan fingerprint density at radius 2 is 2.10 bits per heavy atom. The van der Waals surface area contributed by atoms with E-state index in [-0.39, 0.29) is 16.1 Å². The van der Waals surface area contributed by atoms with Gasteiger partial charge in [0.05, 0.1) is 23.6 Å². The normalized spacial score (nSPS) is 13.0. The van der Waals surface area contributed by atoms with Gasteiger partial charge >= 0.3 is 5.97 Å². The van der Waals surface area contributed by atoms with Crippen LogP contribution >= 0.6 is 0 Å². The fourth-order valence-electron chi connectivity index (χ4n) is 1.82. The van der Waals surface area contributed by atoms with E-state index in [0.29, 0.717) is 5.76 Å². The Bertz CT molecular complexity index is 753. The van der Waals surface area contributed by atoms with Gasteiger partial charge < -0.3 is 15.3 Å². The van der Waals surface area contributed by atoms with Gasteiger partial charge in [0.1, 0.15) is 10.7 Å². The molecule has 4 N–H and O–H groups in total. The third-order valence-corrected chi connectivity index (χ3v) is 4.46. The van der Waals surface area contributed by atoms with Crippen molar-refractivity contribution in [3.8, 4) is 0 Å². The number of nitrogens with two attached hydrogens (primary N) is 1. The first-order chi connectivity index (χ1) is 9.81. The van der Waals surface area contributed by atoms with Crippen molar-refractivity contribution >= 4 is 21.7 Å². The zero-order valence-electron chi connectivity index (χ0n) is 11.1. The number of aromatic carboxylic acids is 1. The number of nitrogens with one attached hydrogen (secondary N) is 1. The van der Waals surface area contributed by atoms with Crippen LogP contribution in [0.4, 0.5) is 5.69 Å². The molecule has 7 nitrogen and oxygen atoms in total. The number of benzene rings is 1. The van der Waals surface area contributed by atoms with Gasteiger partial charge in [0.15, 0.2) is 0 Å². The van der Waals surface area contributed by atoms with Crippen molar-refractivity contribution < 1.29 is 22.7 Å². The van der Waals surface area contributed by atoms with Crippen LogP contribution in [0, 0.1) is 0 Å². The fraction of sp³-hybridized carbons (Fsp3) is 0.154. The lowest BCUT2D eigenvalue weighted by molar-refractivity contribution is 0.0697. The van der Waals surface area contributed by atoms with Crippen LogP contribution in [-0.2, 0) is 10.0 Å². The van der Waals surface area contributed by atoms with E-state index in [4.69, 9.17) is 15.3 Å². The summed E-state index contributed by atoms with van der Waals surface area (Å²) >= 11 is 0. The number of sulfonamides is 1. The lowest BCUT2D eigenvalue weighted by Crippen LogP contribution is -2.27. The monoisotopic (exact) mass is 310 g/mol. The number of furan rings is 1. The van der Waals surface area contributed by atoms with Crippen LogP contribution in [0.25, 0.3) is 0 Å². The molecule has 2 aromatic rings. The summed E-state index contributed by atoms with van der Waals surface area (Å²) in [6.07, 6.45) is 1.44. The molecule has 0 saturated heterocycles. The molecule has 1 atom stereocenters. The Morgan fingerprint density at radius 1 is 1.38 bits per heavy atom. The molecule has 0 fully saturated rings. The van der Waals surface area contributed by atoms with Crippen LogP contribution in [0.5, 0.6) is 0 Å². The van der Waals surface area contributed by atoms with E-state index in [1.165, 1.54) is 12.3 Å². The lowest BCUT2D eigenvalue weighted by atomic mass is 10.2. The Kier molecular flexibility index (Phi) is 4.01. The smallest absolute Gasteiger partial charge is 0.335 e. The molecule has 1 unspecified atom stereocenters. The molecule has 0 radical (unpaired) electrons. The summed E-state index contributed by atoms with van der Waals surface area (Å²) in [7, 11) is -3.89. The number of hydrogen-bond donors (Lipinski definition) is 3. The van der Waals surface area contributed by atoms with Crippen LogP contribution < -0.4 is 10.5 Å². The van der Waals surface area contributed by atoms with Gasteiger partial charge in [0.2, 0.25) is 10.0 Å². The maximum Gasteiger partial charge on any atom is 0.335 e. The van der Waals surface area contributed by atoms with Gasteiger partial charge in [-0.25, -0.2) is 17.9 Å². The first kappa shape index (κ1) is 15.1. The zero-order valence-corrected chi connectivity index (χ0v) is 11.9. The Hall–Kier alpha value is -2.32. The zero-order chi connectivity index (χ0) is 15.6. The summed E-state index contributed by atoms with van der Waals surface area (Å²) in [5, 5.41) is 8.84. The Morgan fingerprint density at radius 3 is 2.62 bits per heavy atom. The second-order valence-corrected chi connectivity index (χ2v) is 6.10. The predicted molar refractivity (Wildman–Crippen MR) is 75.3 cm³/mol. The molecular formula is C13H14N2O5S. The van der Waals surface area contributed by atoms with E-state index in [0.717, 1.165) is 12.1 Å². The standard InChI is InChI=1S/C13H14N2O5S/c1-8(11-3-2-6-20-11)15-21(18,19)12-5-4-9(13(16)17)7-10(12)14/h2-8,15H,14H2,1H3,(H,16,17). The van der Waals surface area contributed by atoms with Gasteiger partial charge in [-0.2, -0.15) is 0 Å². The van der Waals surface area contributed by atoms with Crippen molar-refractivity contribution in [2.75, 3.05) is 5.73 Å². The maximum atomic E-state index is 12.3. The molecule has 0 saturated carbocycles. The van der Waals surface area contributed by atoms with Crippen molar-refractivity contribution in [3.63, 3.8) is 0 Å². The van der Waals surface area contributed by atoms with Gasteiger partial charge in [-0.05, 0) is 37.3 Å². The molecule has 8 heteroatoms. The van der Waals surface area contributed by atoms with Gasteiger partial charge in [-0.15, -0.1) is 0 Å². The van der Waals surface area contributed by atoms with Crippen LogP contribution in [0.2, 0.25) is 0 Å². The molecule has 0 spiro atoms. The first-order valence-electron chi connectivity index (χ1n) is 6.00. The highest BCUT2D eigenvalue weighted by Crippen LogP contribution is 2.22. The Labute approximate surface area is 121 Å². The van der Waals surface area contributed by atoms with Crippen LogP contribution in [0.1, 0.15) is 29.1 Å². The van der Waals surface area contributed by atoms with Crippen LogP contribution in [0.3, 0.4) is 0 Å². The molecular weight excluding hydrogens is 296 g/mol. The van der Waals surface area contributed by atoms with E-state index in [2.05, 4.69) is 4.72 Å². The molecule has 0 aliphatic rings. The van der Waals surface area contributed by atoms with Crippen molar-refractivity contribution in [1.29, 1.82) is 0 Å². The average molecular weight is 310 g/mol. The summed E-state index contributed by atoms with van der Waals surface area (Å²) < 4.78 is 32.1. The minimum Gasteiger partial charge on any atom is -0.478 e. The lowest BCUT2D eigenvalue weighted by Gasteiger charge is -2.13. The second kappa shape index (κ2) is 5.58. The average Bonchev–Trinajstić information content (AvgIpc) is 2.91. The van der Waals surface area contributed by atoms with E-state index in [9.17, 15) is 13.2 Å². The second-order valence-electron chi connectivity index (χ2n) is 4.42. The molecule has 1 heterocycles. The summed E-state index contributed by atoms with van der Waals surface area (Å²) in [4.78, 5) is 10.6. The van der Waals surface area contributed by atoms with Crippen LogP contribution in [0.15, 0.2) is 45.9 Å². The van der Waals surface area contributed by atoms with Crippen molar-refractivity contribution in [2.24, 2.45) is 0 Å². The fourth-order valence-corrected chi connectivity index (χ4v) is 3.14. The van der Waals surface area contributed by atoms with E-state index < -0.39 is 22.0 Å². The molecule has 0 amide bonds. The summed E-state index contributed by atoms with van der Waals surface area (Å²) in [6, 6.07) is 6.17. The SMILES string of the molecule is CC(NS(=O)(=O)c1ccc(C(=O)O)cc1N)c1ccco1. The highest BCUT2D eigenvalue weighted by Gasteiger charge is 2.22. The number of anilines is 1. The number of carbonyl (C=O) groups is 1. The summed E-state index contributed by atoms with van der Waals surface area (Å²) in [6.45, 7) is 1.62. The molecule has 2 rings (SSSR count). The molecule has 1 aromatic carbocycles. The van der Waals surface area contributed by atoms with Crippen molar-refractivity contribution in [3.05, 3.63) is 47.9 Å². The largest absolute Gasteiger partial charge is 0.478 e. The summed E-state index contributed by atoms with van der Waals surface area (Å²) in [5.74, 6) is -0.720. The van der Waals surface area contributed by atoms with Gasteiger partial charge in [-0.3, -0.25) is 0 Å². The van der Waals surface area contributed by atoms with E-state index in [1.807, 2.05) is 0 Å². The third kappa shape index (κ3) is 3.23. The van der Waals surface area contributed by atoms with Crippen molar-refractivity contribution in [1.82, 2.24) is 4.72 Å². The number of rotatable bonds is 5. The van der Waals surface area contributed by atoms with E-state index in [1.54, 1.807) is 19.1 Å². The minimum atomic E-state index is -3.89. The number of carboxylic acid groups (broad SMARTS) is 1. The minimum absolute atomic E-state index is 0.0782. The van der Waals surface area contributed by atoms with Gasteiger partial charge in [0, 0.05) is 0 Å². The molecule has 1 aromatic heterocycles. The van der Waals surface area contributed by atoms with Gasteiger partial charge in [-0.1, -0.05) is 0 Å². The highest BCUT2D eigenvalue weighted by atomic mass is 32.2. The number of hydrogen-bond acceptors (Lipinski definition) is 5. The highest BCUT2D eigenvalue weighted by molar-refractivity contribution is 7.89. The molecule has 0 aliphatic carbocycles.